The smallest absolute Gasteiger partial charge is 0.409 e. The van der Waals surface area contributed by atoms with E-state index in [4.69, 9.17) is 4.74 Å². The Labute approximate surface area is 159 Å². The molecule has 1 fully saturated rings. The lowest BCUT2D eigenvalue weighted by Crippen LogP contribution is -2.47. The maximum absolute atomic E-state index is 12.4. The minimum Gasteiger partial charge on any atom is -0.450 e. The van der Waals surface area contributed by atoms with Crippen molar-refractivity contribution in [3.8, 4) is 0 Å². The lowest BCUT2D eigenvalue weighted by Gasteiger charge is -2.31. The number of para-hydroxylation sites is 1. The van der Waals surface area contributed by atoms with Gasteiger partial charge in [0.05, 0.1) is 18.0 Å². The number of nitrogens with one attached hydrogen (secondary N) is 2. The molecule has 1 aromatic carbocycles. The topological polar surface area (TPSA) is 70.7 Å². The molecule has 1 heterocycles. The molecule has 27 heavy (non-hydrogen) atoms. The highest BCUT2D eigenvalue weighted by molar-refractivity contribution is 7.99. The normalized spacial score (nSPS) is 15.3. The van der Waals surface area contributed by atoms with E-state index in [0.29, 0.717) is 54.9 Å². The number of hydrogen-bond acceptors (Lipinski definition) is 4. The Morgan fingerprint density at radius 1 is 1.26 bits per heavy atom. The minimum absolute atomic E-state index is 0.120. The number of ether oxygens (including phenoxy) is 1. The summed E-state index contributed by atoms with van der Waals surface area (Å²) in [6.07, 6.45) is -3.49. The van der Waals surface area contributed by atoms with Gasteiger partial charge in [0, 0.05) is 24.0 Å². The van der Waals surface area contributed by atoms with Crippen LogP contribution < -0.4 is 10.6 Å². The van der Waals surface area contributed by atoms with E-state index >= 15 is 0 Å². The van der Waals surface area contributed by atoms with Crippen LogP contribution in [0.2, 0.25) is 0 Å². The van der Waals surface area contributed by atoms with Gasteiger partial charge in [-0.3, -0.25) is 0 Å². The number of thioether (sulfide) groups is 1. The third-order valence-electron chi connectivity index (χ3n) is 3.88. The van der Waals surface area contributed by atoms with Crippen LogP contribution in [0.4, 0.5) is 28.4 Å². The molecule has 1 saturated heterocycles. The third-order valence-corrected chi connectivity index (χ3v) is 5.02. The fourth-order valence-corrected chi connectivity index (χ4v) is 3.39. The van der Waals surface area contributed by atoms with Crippen LogP contribution in [0, 0.1) is 0 Å². The second kappa shape index (κ2) is 9.72. The quantitative estimate of drug-likeness (QED) is 0.724. The molecule has 1 aromatic rings. The van der Waals surface area contributed by atoms with Gasteiger partial charge in [-0.25, -0.2) is 9.59 Å². The van der Waals surface area contributed by atoms with Crippen LogP contribution in [0.25, 0.3) is 0 Å². The van der Waals surface area contributed by atoms with Gasteiger partial charge in [0.1, 0.15) is 0 Å². The van der Waals surface area contributed by atoms with Crippen molar-refractivity contribution < 1.29 is 27.5 Å². The summed E-state index contributed by atoms with van der Waals surface area (Å²) < 4.78 is 42.2. The number of halogens is 3. The number of urea groups is 1. The number of piperidine rings is 1. The fraction of sp³-hybridized carbons (Fsp3) is 0.529. The van der Waals surface area contributed by atoms with Gasteiger partial charge >= 0.3 is 18.3 Å². The number of likely N-dealkylation sites (tertiary alicyclic amines) is 1. The molecular weight excluding hydrogens is 383 g/mol. The zero-order valence-electron chi connectivity index (χ0n) is 14.8. The number of rotatable bonds is 5. The maximum atomic E-state index is 12.4. The van der Waals surface area contributed by atoms with Gasteiger partial charge in [0.25, 0.3) is 0 Å². The van der Waals surface area contributed by atoms with Crippen LogP contribution >= 0.6 is 11.8 Å². The molecule has 1 aliphatic rings. The molecule has 0 radical (unpaired) electrons. The van der Waals surface area contributed by atoms with Gasteiger partial charge in [0.15, 0.2) is 0 Å². The SMILES string of the molecule is CCOC(=O)N1CCC(NC(=O)Nc2ccccc2SCC(F)(F)F)CC1. The van der Waals surface area contributed by atoms with E-state index in [9.17, 15) is 22.8 Å². The van der Waals surface area contributed by atoms with E-state index in [1.54, 1.807) is 30.0 Å². The van der Waals surface area contributed by atoms with Crippen LogP contribution in [0.5, 0.6) is 0 Å². The van der Waals surface area contributed by atoms with E-state index in [1.165, 1.54) is 6.07 Å². The van der Waals surface area contributed by atoms with Gasteiger partial charge in [-0.1, -0.05) is 12.1 Å². The van der Waals surface area contributed by atoms with Crippen LogP contribution in [-0.2, 0) is 4.74 Å². The first-order valence-electron chi connectivity index (χ1n) is 8.56. The number of amides is 3. The van der Waals surface area contributed by atoms with Crippen molar-refractivity contribution in [1.82, 2.24) is 10.2 Å². The molecule has 0 aliphatic carbocycles. The van der Waals surface area contributed by atoms with Crippen LogP contribution in [0.15, 0.2) is 29.2 Å². The number of nitrogens with zero attached hydrogens (tertiary/aromatic N) is 1. The molecule has 10 heteroatoms. The highest BCUT2D eigenvalue weighted by atomic mass is 32.2. The van der Waals surface area contributed by atoms with Crippen molar-refractivity contribution in [3.05, 3.63) is 24.3 Å². The first-order chi connectivity index (χ1) is 12.8. The monoisotopic (exact) mass is 405 g/mol. The molecule has 0 atom stereocenters. The fourth-order valence-electron chi connectivity index (χ4n) is 2.62. The zero-order chi connectivity index (χ0) is 19.9. The molecule has 1 aliphatic heterocycles. The maximum Gasteiger partial charge on any atom is 0.409 e. The number of hydrogen-bond donors (Lipinski definition) is 2. The van der Waals surface area contributed by atoms with E-state index in [-0.39, 0.29) is 12.1 Å². The summed E-state index contributed by atoms with van der Waals surface area (Å²) in [7, 11) is 0. The molecule has 150 valence electrons. The Kier molecular flexibility index (Phi) is 7.64. The van der Waals surface area contributed by atoms with Gasteiger partial charge in [0.2, 0.25) is 0 Å². The van der Waals surface area contributed by atoms with Gasteiger partial charge in [-0.15, -0.1) is 11.8 Å². The predicted molar refractivity (Wildman–Crippen MR) is 97.0 cm³/mol. The highest BCUT2D eigenvalue weighted by Gasteiger charge is 2.28. The molecule has 2 rings (SSSR count). The van der Waals surface area contributed by atoms with Crippen molar-refractivity contribution in [2.24, 2.45) is 0 Å². The average molecular weight is 405 g/mol. The zero-order valence-corrected chi connectivity index (χ0v) is 15.7. The second-order valence-corrected chi connectivity index (χ2v) is 6.98. The number of benzene rings is 1. The Hall–Kier alpha value is -2.10. The van der Waals surface area contributed by atoms with Crippen molar-refractivity contribution in [2.45, 2.75) is 36.9 Å². The predicted octanol–water partition coefficient (Wildman–Crippen LogP) is 4.08. The number of anilines is 1. The molecule has 3 amide bonds. The van der Waals surface area contributed by atoms with Crippen LogP contribution in [-0.4, -0.2) is 54.7 Å². The van der Waals surface area contributed by atoms with Crippen molar-refractivity contribution >= 4 is 29.6 Å². The van der Waals surface area contributed by atoms with E-state index < -0.39 is 18.0 Å². The summed E-state index contributed by atoms with van der Waals surface area (Å²) in [6.45, 7) is 3.00. The summed E-state index contributed by atoms with van der Waals surface area (Å²) in [4.78, 5) is 25.8. The van der Waals surface area contributed by atoms with Gasteiger partial charge in [-0.2, -0.15) is 13.2 Å². The Balaban J connectivity index is 1.84. The number of carbonyl (C=O) groups excluding carboxylic acids is 2. The first kappa shape index (κ1) is 21.2. The van der Waals surface area contributed by atoms with Crippen LogP contribution in [0.1, 0.15) is 19.8 Å². The summed E-state index contributed by atoms with van der Waals surface area (Å²) >= 11 is 0.625. The van der Waals surface area contributed by atoms with E-state index in [0.717, 1.165) is 0 Å². The second-order valence-electron chi connectivity index (χ2n) is 5.96. The summed E-state index contributed by atoms with van der Waals surface area (Å²) in [5.74, 6) is -1.03. The summed E-state index contributed by atoms with van der Waals surface area (Å²) in [5, 5.41) is 5.40. The molecule has 6 nitrogen and oxygen atoms in total. The Morgan fingerprint density at radius 3 is 2.56 bits per heavy atom. The van der Waals surface area contributed by atoms with Crippen molar-refractivity contribution in [2.75, 3.05) is 30.8 Å². The van der Waals surface area contributed by atoms with E-state index in [2.05, 4.69) is 10.6 Å². The Bertz CT molecular complexity index is 650. The molecule has 0 spiro atoms. The highest BCUT2D eigenvalue weighted by Crippen LogP contribution is 2.32. The van der Waals surface area contributed by atoms with Crippen molar-refractivity contribution in [3.63, 3.8) is 0 Å². The number of alkyl halides is 3. The lowest BCUT2D eigenvalue weighted by atomic mass is 10.1. The third kappa shape index (κ3) is 7.20. The lowest BCUT2D eigenvalue weighted by molar-refractivity contribution is -0.105. The first-order valence-corrected chi connectivity index (χ1v) is 9.55. The average Bonchev–Trinajstić information content (AvgIpc) is 2.61. The molecule has 0 saturated carbocycles. The minimum atomic E-state index is -4.28. The molecule has 0 unspecified atom stereocenters. The van der Waals surface area contributed by atoms with Crippen molar-refractivity contribution in [1.29, 1.82) is 0 Å². The molecular formula is C17H22F3N3O3S. The standard InChI is InChI=1S/C17H22F3N3O3S/c1-2-26-16(25)23-9-7-12(8-10-23)21-15(24)22-13-5-3-4-6-14(13)27-11-17(18,19)20/h3-6,12H,2,7-11H2,1H3,(H2,21,22,24). The largest absolute Gasteiger partial charge is 0.450 e. The van der Waals surface area contributed by atoms with Gasteiger partial charge < -0.3 is 20.3 Å². The summed E-state index contributed by atoms with van der Waals surface area (Å²) in [6, 6.07) is 5.75. The number of carbonyl (C=O) groups is 2. The van der Waals surface area contributed by atoms with Gasteiger partial charge in [-0.05, 0) is 31.9 Å². The molecule has 0 aromatic heterocycles. The Morgan fingerprint density at radius 2 is 1.93 bits per heavy atom. The summed E-state index contributed by atoms with van der Waals surface area (Å²) in [5.41, 5.74) is 0.327. The van der Waals surface area contributed by atoms with Crippen LogP contribution in [0.3, 0.4) is 0 Å². The van der Waals surface area contributed by atoms with E-state index in [1.807, 2.05) is 0 Å². The molecule has 2 N–H and O–H groups in total. The molecule has 0 bridgehead atoms.